The lowest BCUT2D eigenvalue weighted by atomic mass is 10.2. The maximum Gasteiger partial charge on any atom is 0.350 e. The van der Waals surface area contributed by atoms with Crippen molar-refractivity contribution < 1.29 is 19.4 Å². The molecule has 6 nitrogen and oxygen atoms in total. The van der Waals surface area contributed by atoms with Gasteiger partial charge in [0.15, 0.2) is 0 Å². The molecule has 1 aromatic heterocycles. The van der Waals surface area contributed by atoms with Gasteiger partial charge in [-0.3, -0.25) is 9.69 Å². The predicted octanol–water partition coefficient (Wildman–Crippen LogP) is 3.23. The topological polar surface area (TPSA) is 78.9 Å². The average molecular weight is 391 g/mol. The summed E-state index contributed by atoms with van der Waals surface area (Å²) in [5, 5.41) is 12.0. The molecule has 1 amide bonds. The zero-order valence-corrected chi connectivity index (χ0v) is 16.7. The molecule has 27 heavy (non-hydrogen) atoms. The standard InChI is InChI=1S/C20H26N2O4S/c1-4-26-20(25)19-16(12-17(27-19)15-8-6-5-7-9-15)21-18(24)13-22(10-11-23)14(2)3/h5-9,12,14,23H,4,10-11,13H2,1-3H3,(H,21,24). The molecule has 0 saturated heterocycles. The maximum atomic E-state index is 12.5. The fraction of sp³-hybridized carbons (Fsp3) is 0.400. The van der Waals surface area contributed by atoms with Crippen LogP contribution < -0.4 is 5.32 Å². The molecule has 1 heterocycles. The number of carbonyl (C=O) groups is 2. The van der Waals surface area contributed by atoms with Crippen molar-refractivity contribution in [2.24, 2.45) is 0 Å². The van der Waals surface area contributed by atoms with Crippen molar-refractivity contribution in [2.45, 2.75) is 26.8 Å². The monoisotopic (exact) mass is 390 g/mol. The van der Waals surface area contributed by atoms with Crippen LogP contribution in [0.25, 0.3) is 10.4 Å². The molecule has 0 atom stereocenters. The smallest absolute Gasteiger partial charge is 0.350 e. The fourth-order valence-electron chi connectivity index (χ4n) is 2.60. The SMILES string of the molecule is CCOC(=O)c1sc(-c2ccccc2)cc1NC(=O)CN(CCO)C(C)C. The first-order valence-corrected chi connectivity index (χ1v) is 9.79. The lowest BCUT2D eigenvalue weighted by Gasteiger charge is -2.24. The molecule has 1 aromatic carbocycles. The summed E-state index contributed by atoms with van der Waals surface area (Å²) < 4.78 is 5.13. The van der Waals surface area contributed by atoms with E-state index in [0.717, 1.165) is 10.4 Å². The van der Waals surface area contributed by atoms with Gasteiger partial charge in [-0.1, -0.05) is 30.3 Å². The Hall–Kier alpha value is -2.22. The molecule has 0 aliphatic carbocycles. The number of hydrogen-bond donors (Lipinski definition) is 2. The van der Waals surface area contributed by atoms with E-state index in [4.69, 9.17) is 9.84 Å². The van der Waals surface area contributed by atoms with Crippen LogP contribution in [-0.4, -0.2) is 54.2 Å². The van der Waals surface area contributed by atoms with Crippen LogP contribution in [-0.2, 0) is 9.53 Å². The number of rotatable bonds is 9. The van der Waals surface area contributed by atoms with Crippen molar-refractivity contribution in [1.82, 2.24) is 4.90 Å². The number of anilines is 1. The second-order valence-electron chi connectivity index (χ2n) is 6.28. The number of ether oxygens (including phenoxy) is 1. The van der Waals surface area contributed by atoms with E-state index >= 15 is 0 Å². The first-order chi connectivity index (χ1) is 13.0. The summed E-state index contributed by atoms with van der Waals surface area (Å²) in [6, 6.07) is 11.6. The quantitative estimate of drug-likeness (QED) is 0.643. The van der Waals surface area contributed by atoms with Crippen LogP contribution in [0.15, 0.2) is 36.4 Å². The molecule has 0 spiro atoms. The van der Waals surface area contributed by atoms with Crippen molar-refractivity contribution in [1.29, 1.82) is 0 Å². The number of aliphatic hydroxyl groups excluding tert-OH is 1. The van der Waals surface area contributed by atoms with E-state index in [1.165, 1.54) is 11.3 Å². The lowest BCUT2D eigenvalue weighted by molar-refractivity contribution is -0.117. The highest BCUT2D eigenvalue weighted by molar-refractivity contribution is 7.18. The van der Waals surface area contributed by atoms with Crippen LogP contribution in [0, 0.1) is 0 Å². The third-order valence-corrected chi connectivity index (χ3v) is 5.15. The number of nitrogens with one attached hydrogen (secondary N) is 1. The minimum absolute atomic E-state index is 0.0177. The van der Waals surface area contributed by atoms with Crippen LogP contribution in [0.1, 0.15) is 30.4 Å². The van der Waals surface area contributed by atoms with Gasteiger partial charge in [-0.15, -0.1) is 11.3 Å². The molecule has 2 N–H and O–H groups in total. The summed E-state index contributed by atoms with van der Waals surface area (Å²) in [4.78, 5) is 27.9. The number of hydrogen-bond acceptors (Lipinski definition) is 6. The molecule has 2 rings (SSSR count). The van der Waals surface area contributed by atoms with Crippen LogP contribution in [0.4, 0.5) is 5.69 Å². The number of esters is 1. The van der Waals surface area contributed by atoms with Gasteiger partial charge in [0.2, 0.25) is 5.91 Å². The molecule has 0 aliphatic heterocycles. The highest BCUT2D eigenvalue weighted by Crippen LogP contribution is 2.35. The summed E-state index contributed by atoms with van der Waals surface area (Å²) in [6.07, 6.45) is 0. The first kappa shape index (κ1) is 21.1. The zero-order valence-electron chi connectivity index (χ0n) is 15.9. The van der Waals surface area contributed by atoms with Crippen molar-refractivity contribution in [3.05, 3.63) is 41.3 Å². The van der Waals surface area contributed by atoms with E-state index < -0.39 is 5.97 Å². The molecule has 0 fully saturated rings. The molecule has 0 radical (unpaired) electrons. The van der Waals surface area contributed by atoms with Gasteiger partial charge in [0.05, 0.1) is 25.4 Å². The number of thiophene rings is 1. The Morgan fingerprint density at radius 1 is 1.26 bits per heavy atom. The Balaban J connectivity index is 2.24. The van der Waals surface area contributed by atoms with Gasteiger partial charge in [-0.05, 0) is 32.4 Å². The third-order valence-electron chi connectivity index (χ3n) is 3.99. The Morgan fingerprint density at radius 3 is 2.56 bits per heavy atom. The van der Waals surface area contributed by atoms with Gasteiger partial charge in [-0.2, -0.15) is 0 Å². The van der Waals surface area contributed by atoms with Gasteiger partial charge in [-0.25, -0.2) is 4.79 Å². The number of carbonyl (C=O) groups excluding carboxylic acids is 2. The number of aliphatic hydroxyl groups is 1. The Labute approximate surface area is 163 Å². The van der Waals surface area contributed by atoms with Gasteiger partial charge in [0.25, 0.3) is 0 Å². The van der Waals surface area contributed by atoms with Crippen molar-refractivity contribution in [2.75, 3.05) is 31.6 Å². The van der Waals surface area contributed by atoms with Gasteiger partial charge >= 0.3 is 5.97 Å². The van der Waals surface area contributed by atoms with Crippen molar-refractivity contribution in [3.8, 4) is 10.4 Å². The molecule has 0 unspecified atom stereocenters. The molecular weight excluding hydrogens is 364 g/mol. The van der Waals surface area contributed by atoms with E-state index in [0.29, 0.717) is 17.1 Å². The van der Waals surface area contributed by atoms with Crippen molar-refractivity contribution >= 4 is 28.9 Å². The molecule has 2 aromatic rings. The second kappa shape index (κ2) is 10.2. The summed E-state index contributed by atoms with van der Waals surface area (Å²) in [7, 11) is 0. The van der Waals surface area contributed by atoms with Crippen LogP contribution in [0.3, 0.4) is 0 Å². The fourth-order valence-corrected chi connectivity index (χ4v) is 3.61. The Kier molecular flexibility index (Phi) is 7.97. The molecule has 7 heteroatoms. The minimum atomic E-state index is -0.448. The van der Waals surface area contributed by atoms with Crippen LogP contribution in [0.2, 0.25) is 0 Å². The molecule has 0 saturated carbocycles. The van der Waals surface area contributed by atoms with Gasteiger partial charge in [0.1, 0.15) is 4.88 Å². The highest BCUT2D eigenvalue weighted by atomic mass is 32.1. The van der Waals surface area contributed by atoms with Gasteiger partial charge < -0.3 is 15.2 Å². The molecule has 146 valence electrons. The van der Waals surface area contributed by atoms with E-state index in [2.05, 4.69) is 5.32 Å². The molecule has 0 aliphatic rings. The first-order valence-electron chi connectivity index (χ1n) is 8.97. The largest absolute Gasteiger partial charge is 0.462 e. The lowest BCUT2D eigenvalue weighted by Crippen LogP contribution is -2.39. The van der Waals surface area contributed by atoms with E-state index in [1.807, 2.05) is 49.1 Å². The molecule has 0 bridgehead atoms. The Morgan fingerprint density at radius 2 is 1.96 bits per heavy atom. The minimum Gasteiger partial charge on any atom is -0.462 e. The van der Waals surface area contributed by atoms with Crippen LogP contribution in [0.5, 0.6) is 0 Å². The normalized spacial score (nSPS) is 11.0. The summed E-state index contributed by atoms with van der Waals surface area (Å²) in [5.74, 6) is -0.684. The number of amides is 1. The Bertz CT molecular complexity index is 759. The summed E-state index contributed by atoms with van der Waals surface area (Å²) >= 11 is 1.30. The predicted molar refractivity (Wildman–Crippen MR) is 108 cm³/mol. The zero-order chi connectivity index (χ0) is 19.8. The van der Waals surface area contributed by atoms with Gasteiger partial charge in [0, 0.05) is 17.5 Å². The van der Waals surface area contributed by atoms with E-state index in [-0.39, 0.29) is 31.7 Å². The van der Waals surface area contributed by atoms with E-state index in [1.54, 1.807) is 13.0 Å². The number of benzene rings is 1. The van der Waals surface area contributed by atoms with Crippen molar-refractivity contribution in [3.63, 3.8) is 0 Å². The van der Waals surface area contributed by atoms with E-state index in [9.17, 15) is 9.59 Å². The summed E-state index contributed by atoms with van der Waals surface area (Å²) in [6.45, 7) is 6.47. The molecular formula is C20H26N2O4S. The highest BCUT2D eigenvalue weighted by Gasteiger charge is 2.21. The third kappa shape index (κ3) is 5.89. The maximum absolute atomic E-state index is 12.5. The average Bonchev–Trinajstić information content (AvgIpc) is 3.06. The number of nitrogens with zero attached hydrogens (tertiary/aromatic N) is 1. The second-order valence-corrected chi connectivity index (χ2v) is 7.33. The summed E-state index contributed by atoms with van der Waals surface area (Å²) in [5.41, 5.74) is 1.42. The van der Waals surface area contributed by atoms with Crippen LogP contribution >= 0.6 is 11.3 Å².